The van der Waals surface area contributed by atoms with Crippen LogP contribution in [-0.2, 0) is 0 Å². The van der Waals surface area contributed by atoms with Crippen LogP contribution in [0, 0.1) is 11.7 Å². The van der Waals surface area contributed by atoms with Gasteiger partial charge in [0.05, 0.1) is 0 Å². The quantitative estimate of drug-likeness (QED) is 0.832. The van der Waals surface area contributed by atoms with Crippen LogP contribution in [0.5, 0.6) is 0 Å². The summed E-state index contributed by atoms with van der Waals surface area (Å²) < 4.78 is 12.9. The van der Waals surface area contributed by atoms with Crippen molar-refractivity contribution in [2.24, 2.45) is 11.7 Å². The Balaban J connectivity index is 2.89. The van der Waals surface area contributed by atoms with Crippen molar-refractivity contribution in [2.75, 3.05) is 20.6 Å². The topological polar surface area (TPSA) is 29.3 Å². The highest BCUT2D eigenvalue weighted by atomic mass is 19.1. The van der Waals surface area contributed by atoms with Gasteiger partial charge in [0.15, 0.2) is 0 Å². The van der Waals surface area contributed by atoms with E-state index in [0.717, 1.165) is 12.0 Å². The molecular weight excluding hydrogens is 203 g/mol. The Bertz CT molecular complexity index is 308. The van der Waals surface area contributed by atoms with Crippen molar-refractivity contribution in [3.05, 3.63) is 35.6 Å². The second-order valence-corrected chi connectivity index (χ2v) is 4.51. The lowest BCUT2D eigenvalue weighted by Crippen LogP contribution is -2.27. The molecule has 1 rings (SSSR count). The van der Waals surface area contributed by atoms with E-state index in [0.29, 0.717) is 18.5 Å². The zero-order valence-corrected chi connectivity index (χ0v) is 10.3. The number of halogens is 1. The van der Waals surface area contributed by atoms with Crippen molar-refractivity contribution in [2.45, 2.75) is 19.4 Å². The molecule has 0 spiro atoms. The lowest BCUT2D eigenvalue weighted by atomic mass is 9.91. The summed E-state index contributed by atoms with van der Waals surface area (Å²) >= 11 is 0. The van der Waals surface area contributed by atoms with E-state index >= 15 is 0 Å². The summed E-state index contributed by atoms with van der Waals surface area (Å²) in [6, 6.07) is 7.03. The van der Waals surface area contributed by atoms with Gasteiger partial charge in [-0.25, -0.2) is 4.39 Å². The summed E-state index contributed by atoms with van der Waals surface area (Å²) in [6.45, 7) is 2.87. The molecule has 1 aromatic rings. The Morgan fingerprint density at radius 2 is 1.81 bits per heavy atom. The fourth-order valence-corrected chi connectivity index (χ4v) is 2.22. The molecule has 2 unspecified atom stereocenters. The maximum absolute atomic E-state index is 12.9. The predicted octanol–water partition coefficient (Wildman–Crippen LogP) is 2.41. The van der Waals surface area contributed by atoms with Crippen LogP contribution in [-0.4, -0.2) is 25.5 Å². The normalized spacial score (nSPS) is 15.1. The van der Waals surface area contributed by atoms with Crippen LogP contribution in [0.2, 0.25) is 0 Å². The Hall–Kier alpha value is -0.930. The minimum Gasteiger partial charge on any atom is -0.330 e. The van der Waals surface area contributed by atoms with E-state index in [4.69, 9.17) is 5.73 Å². The second kappa shape index (κ2) is 5.97. The minimum absolute atomic E-state index is 0.187. The molecule has 0 fully saturated rings. The standard InChI is InChI=1S/C13H21FN2/c1-10(8-9-15)13(16(2)3)11-4-6-12(14)7-5-11/h4-7,10,13H,8-9,15H2,1-3H3. The van der Waals surface area contributed by atoms with Crippen LogP contribution in [0.4, 0.5) is 4.39 Å². The molecule has 0 bridgehead atoms. The molecule has 0 aliphatic rings. The molecule has 2 N–H and O–H groups in total. The maximum Gasteiger partial charge on any atom is 0.123 e. The fourth-order valence-electron chi connectivity index (χ4n) is 2.22. The monoisotopic (exact) mass is 224 g/mol. The van der Waals surface area contributed by atoms with Gasteiger partial charge in [-0.05, 0) is 50.7 Å². The number of nitrogens with zero attached hydrogens (tertiary/aromatic N) is 1. The van der Waals surface area contributed by atoms with E-state index in [9.17, 15) is 4.39 Å². The number of rotatable bonds is 5. The number of nitrogens with two attached hydrogens (primary N) is 1. The average molecular weight is 224 g/mol. The van der Waals surface area contributed by atoms with E-state index in [1.165, 1.54) is 12.1 Å². The van der Waals surface area contributed by atoms with Crippen LogP contribution in [0.15, 0.2) is 24.3 Å². The van der Waals surface area contributed by atoms with Crippen molar-refractivity contribution in [1.29, 1.82) is 0 Å². The van der Waals surface area contributed by atoms with Gasteiger partial charge in [0.2, 0.25) is 0 Å². The van der Waals surface area contributed by atoms with Gasteiger partial charge in [0, 0.05) is 6.04 Å². The summed E-state index contributed by atoms with van der Waals surface area (Å²) in [5.74, 6) is 0.276. The van der Waals surface area contributed by atoms with Crippen LogP contribution >= 0.6 is 0 Å². The molecule has 0 aromatic heterocycles. The summed E-state index contributed by atoms with van der Waals surface area (Å²) in [5.41, 5.74) is 6.74. The fraction of sp³-hybridized carbons (Fsp3) is 0.538. The van der Waals surface area contributed by atoms with Gasteiger partial charge in [-0.2, -0.15) is 0 Å². The first-order valence-electron chi connectivity index (χ1n) is 5.68. The van der Waals surface area contributed by atoms with E-state index in [1.54, 1.807) is 0 Å². The van der Waals surface area contributed by atoms with Gasteiger partial charge in [0.25, 0.3) is 0 Å². The SMILES string of the molecule is CC(CCN)C(c1ccc(F)cc1)N(C)C. The zero-order chi connectivity index (χ0) is 12.1. The zero-order valence-electron chi connectivity index (χ0n) is 10.3. The number of hydrogen-bond acceptors (Lipinski definition) is 2. The molecule has 2 nitrogen and oxygen atoms in total. The molecule has 0 aliphatic heterocycles. The Morgan fingerprint density at radius 3 is 2.25 bits per heavy atom. The van der Waals surface area contributed by atoms with E-state index in [1.807, 2.05) is 26.2 Å². The third-order valence-electron chi connectivity index (χ3n) is 2.93. The third kappa shape index (κ3) is 3.29. The second-order valence-electron chi connectivity index (χ2n) is 4.51. The van der Waals surface area contributed by atoms with Crippen molar-refractivity contribution < 1.29 is 4.39 Å². The highest BCUT2D eigenvalue weighted by Crippen LogP contribution is 2.28. The first-order valence-corrected chi connectivity index (χ1v) is 5.68. The number of hydrogen-bond donors (Lipinski definition) is 1. The van der Waals surface area contributed by atoms with Gasteiger partial charge in [0.1, 0.15) is 5.82 Å². The Labute approximate surface area is 97.3 Å². The summed E-state index contributed by atoms with van der Waals surface area (Å²) in [7, 11) is 4.09. The summed E-state index contributed by atoms with van der Waals surface area (Å²) in [4.78, 5) is 2.16. The third-order valence-corrected chi connectivity index (χ3v) is 2.93. The highest BCUT2D eigenvalue weighted by Gasteiger charge is 2.20. The van der Waals surface area contributed by atoms with Gasteiger partial charge >= 0.3 is 0 Å². The molecule has 0 heterocycles. The molecule has 0 saturated heterocycles. The molecule has 90 valence electrons. The van der Waals surface area contributed by atoms with Crippen LogP contribution in [0.1, 0.15) is 24.9 Å². The summed E-state index contributed by atoms with van der Waals surface area (Å²) in [5, 5.41) is 0. The minimum atomic E-state index is -0.187. The van der Waals surface area contributed by atoms with E-state index in [-0.39, 0.29) is 5.82 Å². The average Bonchev–Trinajstić information content (AvgIpc) is 2.21. The lowest BCUT2D eigenvalue weighted by Gasteiger charge is -2.30. The largest absolute Gasteiger partial charge is 0.330 e. The Kier molecular flexibility index (Phi) is 4.90. The van der Waals surface area contributed by atoms with Crippen molar-refractivity contribution in [3.63, 3.8) is 0 Å². The molecule has 3 heteroatoms. The molecule has 0 saturated carbocycles. The maximum atomic E-state index is 12.9. The molecule has 2 atom stereocenters. The summed E-state index contributed by atoms with van der Waals surface area (Å²) in [6.07, 6.45) is 0.972. The highest BCUT2D eigenvalue weighted by molar-refractivity contribution is 5.20. The first kappa shape index (κ1) is 13.1. The van der Waals surface area contributed by atoms with E-state index in [2.05, 4.69) is 11.8 Å². The molecule has 1 aromatic carbocycles. The number of benzene rings is 1. The Morgan fingerprint density at radius 1 is 1.25 bits per heavy atom. The lowest BCUT2D eigenvalue weighted by molar-refractivity contribution is 0.216. The van der Waals surface area contributed by atoms with Crippen LogP contribution in [0.25, 0.3) is 0 Å². The van der Waals surface area contributed by atoms with Crippen molar-refractivity contribution >= 4 is 0 Å². The molecule has 16 heavy (non-hydrogen) atoms. The van der Waals surface area contributed by atoms with Gasteiger partial charge in [-0.15, -0.1) is 0 Å². The first-order chi connectivity index (χ1) is 7.56. The molecule has 0 radical (unpaired) electrons. The van der Waals surface area contributed by atoms with Gasteiger partial charge < -0.3 is 10.6 Å². The predicted molar refractivity (Wildman–Crippen MR) is 65.7 cm³/mol. The molecular formula is C13H21FN2. The van der Waals surface area contributed by atoms with Gasteiger partial charge in [-0.1, -0.05) is 19.1 Å². The van der Waals surface area contributed by atoms with Crippen molar-refractivity contribution in [3.8, 4) is 0 Å². The molecule has 0 aliphatic carbocycles. The van der Waals surface area contributed by atoms with Crippen LogP contribution < -0.4 is 5.73 Å². The smallest absolute Gasteiger partial charge is 0.123 e. The van der Waals surface area contributed by atoms with Crippen molar-refractivity contribution in [1.82, 2.24) is 4.90 Å². The molecule has 0 amide bonds. The van der Waals surface area contributed by atoms with Crippen LogP contribution in [0.3, 0.4) is 0 Å². The van der Waals surface area contributed by atoms with E-state index < -0.39 is 0 Å². The van der Waals surface area contributed by atoms with Gasteiger partial charge in [-0.3, -0.25) is 0 Å².